The summed E-state index contributed by atoms with van der Waals surface area (Å²) < 4.78 is 22.8. The van der Waals surface area contributed by atoms with E-state index < -0.39 is 5.79 Å². The van der Waals surface area contributed by atoms with Gasteiger partial charge in [-0.1, -0.05) is 0 Å². The topological polar surface area (TPSA) is 246 Å². The summed E-state index contributed by atoms with van der Waals surface area (Å²) >= 11 is 0. The lowest BCUT2D eigenvalue weighted by molar-refractivity contribution is -0.169. The molecular formula is C47H61N17O6. The van der Waals surface area contributed by atoms with Gasteiger partial charge in [0.25, 0.3) is 0 Å². The molecule has 23 heteroatoms. The Bertz CT molecular complexity index is 2480. The molecule has 0 unspecified atom stereocenters. The van der Waals surface area contributed by atoms with Gasteiger partial charge in [-0.15, -0.1) is 0 Å². The smallest absolute Gasteiger partial charge is 0.323 e. The first kappa shape index (κ1) is 48.1. The number of pyridine rings is 1. The first-order chi connectivity index (χ1) is 34.2. The Kier molecular flexibility index (Phi) is 15.9. The molecule has 0 saturated carbocycles. The zero-order valence-electron chi connectivity index (χ0n) is 39.6. The summed E-state index contributed by atoms with van der Waals surface area (Å²) in [5.74, 6) is 3.22. The van der Waals surface area contributed by atoms with Crippen LogP contribution < -0.4 is 46.6 Å². The van der Waals surface area contributed by atoms with E-state index in [1.54, 1.807) is 24.5 Å². The first-order valence-electron chi connectivity index (χ1n) is 23.8. The molecule has 4 amide bonds. The highest BCUT2D eigenvalue weighted by molar-refractivity contribution is 5.99. The van der Waals surface area contributed by atoms with Crippen molar-refractivity contribution in [2.24, 2.45) is 0 Å². The highest BCUT2D eigenvalue weighted by Crippen LogP contribution is 2.33. The number of nitrogens with zero attached hydrogens (tertiary/aromatic N) is 11. The summed E-state index contributed by atoms with van der Waals surface area (Å²) in [7, 11) is 3.94. The van der Waals surface area contributed by atoms with Gasteiger partial charge in [-0.2, -0.15) is 29.9 Å². The van der Waals surface area contributed by atoms with E-state index in [2.05, 4.69) is 61.6 Å². The van der Waals surface area contributed by atoms with Crippen LogP contribution in [0.25, 0.3) is 22.8 Å². The van der Waals surface area contributed by atoms with Crippen LogP contribution in [0.4, 0.5) is 50.4 Å². The summed E-state index contributed by atoms with van der Waals surface area (Å²) in [5, 5.41) is 17.9. The third-order valence-electron chi connectivity index (χ3n) is 12.1. The molecule has 10 rings (SSSR count). The van der Waals surface area contributed by atoms with E-state index in [-0.39, 0.29) is 12.1 Å². The van der Waals surface area contributed by atoms with Gasteiger partial charge in [-0.25, -0.2) is 9.59 Å². The Balaban J connectivity index is 0.000000175. The van der Waals surface area contributed by atoms with Crippen LogP contribution in [-0.4, -0.2) is 183 Å². The van der Waals surface area contributed by atoms with Crippen molar-refractivity contribution < 1.29 is 28.5 Å². The summed E-state index contributed by atoms with van der Waals surface area (Å²) in [4.78, 5) is 65.3. The molecule has 3 aromatic heterocycles. The molecule has 5 saturated heterocycles. The van der Waals surface area contributed by atoms with E-state index >= 15 is 0 Å². The molecule has 8 heterocycles. The van der Waals surface area contributed by atoms with Crippen molar-refractivity contribution in [2.45, 2.75) is 24.7 Å². The molecule has 6 N–H and O–H groups in total. The van der Waals surface area contributed by atoms with Gasteiger partial charge in [-0.05, 0) is 74.8 Å². The molecule has 0 bridgehead atoms. The van der Waals surface area contributed by atoms with E-state index in [0.717, 1.165) is 82.9 Å². The van der Waals surface area contributed by atoms with Gasteiger partial charge in [0.15, 0.2) is 17.4 Å². The van der Waals surface area contributed by atoms with Gasteiger partial charge in [-0.3, -0.25) is 4.98 Å². The molecule has 5 aliphatic heterocycles. The number of morpholine rings is 2. The first-order valence-corrected chi connectivity index (χ1v) is 23.8. The normalized spacial score (nSPS) is 17.8. The van der Waals surface area contributed by atoms with Crippen LogP contribution in [-0.2, 0) is 18.9 Å². The molecule has 370 valence electrons. The maximum atomic E-state index is 12.2. The Hall–Kier alpha value is -6.89. The molecule has 5 aromatic rings. The second-order valence-electron chi connectivity index (χ2n) is 17.5. The molecule has 2 aromatic carbocycles. The van der Waals surface area contributed by atoms with Gasteiger partial charge in [0.2, 0.25) is 23.8 Å². The van der Waals surface area contributed by atoms with E-state index in [1.807, 2.05) is 67.5 Å². The van der Waals surface area contributed by atoms with Crippen LogP contribution in [0.5, 0.6) is 0 Å². The van der Waals surface area contributed by atoms with E-state index in [0.29, 0.717) is 105 Å². The fourth-order valence-electron chi connectivity index (χ4n) is 8.10. The van der Waals surface area contributed by atoms with Crippen molar-refractivity contribution in [2.75, 3.05) is 155 Å². The minimum atomic E-state index is -0.457. The van der Waals surface area contributed by atoms with Crippen molar-refractivity contribution in [1.82, 2.24) is 50.4 Å². The maximum absolute atomic E-state index is 12.2. The fourth-order valence-corrected chi connectivity index (χ4v) is 8.10. The number of nitrogens with one attached hydrogen (secondary N) is 6. The quantitative estimate of drug-likeness (QED) is 0.0992. The summed E-state index contributed by atoms with van der Waals surface area (Å²) in [5.41, 5.74) is 3.72. The average molecular weight is 960 g/mol. The van der Waals surface area contributed by atoms with Crippen LogP contribution >= 0.6 is 0 Å². The number of aromatic nitrogens is 7. The van der Waals surface area contributed by atoms with Gasteiger partial charge >= 0.3 is 12.1 Å². The van der Waals surface area contributed by atoms with Crippen LogP contribution in [0, 0.1) is 0 Å². The zero-order chi connectivity index (χ0) is 48.1. The van der Waals surface area contributed by atoms with Crippen molar-refractivity contribution in [3.63, 3.8) is 0 Å². The lowest BCUT2D eigenvalue weighted by Gasteiger charge is -2.37. The molecule has 0 aliphatic carbocycles. The second kappa shape index (κ2) is 23.1. The minimum absolute atomic E-state index is 0.232. The number of carbonyl (C=O) groups excluding carboxylic acids is 2. The number of likely N-dealkylation sites (N-methyl/N-ethyl adjacent to an activating group) is 1. The zero-order valence-corrected chi connectivity index (χ0v) is 39.6. The number of hydrogen-bond acceptors (Lipinski definition) is 19. The number of piperidine rings is 1. The van der Waals surface area contributed by atoms with Crippen LogP contribution in [0.1, 0.15) is 12.8 Å². The van der Waals surface area contributed by atoms with E-state index in [1.165, 1.54) is 0 Å². The van der Waals surface area contributed by atoms with Crippen molar-refractivity contribution in [3.05, 3.63) is 73.1 Å². The van der Waals surface area contributed by atoms with Gasteiger partial charge in [0.05, 0.1) is 45.7 Å². The highest BCUT2D eigenvalue weighted by atomic mass is 16.7. The molecule has 0 radical (unpaired) electrons. The molecular weight excluding hydrogens is 899 g/mol. The van der Waals surface area contributed by atoms with Crippen molar-refractivity contribution in [3.8, 4) is 22.8 Å². The monoisotopic (exact) mass is 959 g/mol. The minimum Gasteiger partial charge on any atom is -0.378 e. The van der Waals surface area contributed by atoms with Crippen LogP contribution in [0.15, 0.2) is 73.1 Å². The standard InChI is InChI=1S/C25H36N8O4.C22H25N9O2/c1-31(2)12-9-26-24(34)27-20-5-3-19(4-6-20)21-28-22(30-23(29-21)33-13-15-35-16-14-33)32-10-7-25(8-11-32)36-17-18-37-25;32-22(27-17-5-7-23-8-6-17)26-16-3-1-15(2-4-16)19-28-20(25-18-13-24-14-18)30-21(29-19)31-9-11-33-12-10-31/h3-6H,7-18H2,1-2H3,(H2,26,27,34);1-8,18,24H,9-14H2,(H2,23,26,27,32)(H,25,28,29,30). The van der Waals surface area contributed by atoms with Gasteiger partial charge in [0.1, 0.15) is 0 Å². The Morgan fingerprint density at radius 2 is 1.10 bits per heavy atom. The molecule has 23 nitrogen and oxygen atoms in total. The number of amides is 4. The van der Waals surface area contributed by atoms with E-state index in [9.17, 15) is 9.59 Å². The van der Waals surface area contributed by atoms with Crippen molar-refractivity contribution in [1.29, 1.82) is 0 Å². The second-order valence-corrected chi connectivity index (χ2v) is 17.5. The fraction of sp³-hybridized carbons (Fsp3) is 0.468. The van der Waals surface area contributed by atoms with Gasteiger partial charge in [0, 0.05) is 119 Å². The predicted octanol–water partition coefficient (Wildman–Crippen LogP) is 3.20. The van der Waals surface area contributed by atoms with Gasteiger partial charge < -0.3 is 70.4 Å². The predicted molar refractivity (Wildman–Crippen MR) is 265 cm³/mol. The maximum Gasteiger partial charge on any atom is 0.323 e. The summed E-state index contributed by atoms with van der Waals surface area (Å²) in [6.07, 6.45) is 4.79. The van der Waals surface area contributed by atoms with Crippen LogP contribution in [0.2, 0.25) is 0 Å². The third kappa shape index (κ3) is 13.0. The summed E-state index contributed by atoms with van der Waals surface area (Å²) in [6.45, 7) is 11.5. The number of hydrogen-bond donors (Lipinski definition) is 6. The molecule has 0 atom stereocenters. The largest absolute Gasteiger partial charge is 0.378 e. The van der Waals surface area contributed by atoms with Crippen molar-refractivity contribution >= 4 is 52.9 Å². The Labute approximate surface area is 406 Å². The number of benzene rings is 2. The summed E-state index contributed by atoms with van der Waals surface area (Å²) in [6, 6.07) is 18.2. The Morgan fingerprint density at radius 3 is 1.61 bits per heavy atom. The number of ether oxygens (including phenoxy) is 4. The number of carbonyl (C=O) groups is 2. The molecule has 5 fully saturated rings. The average Bonchev–Trinajstić information content (AvgIpc) is 3.84. The SMILES string of the molecule is CN(C)CCNC(=O)Nc1ccc(-c2nc(N3CCOCC3)nc(N3CCC4(CC3)OCCO4)n2)cc1.O=C(Nc1ccncc1)Nc1ccc(-c2nc(NC3CNC3)nc(N3CCOCC3)n2)cc1. The van der Waals surface area contributed by atoms with E-state index in [4.69, 9.17) is 38.9 Å². The molecule has 70 heavy (non-hydrogen) atoms. The molecule has 5 aliphatic rings. The molecule has 1 spiro atoms. The highest BCUT2D eigenvalue weighted by Gasteiger charge is 2.40. The van der Waals surface area contributed by atoms with Crippen LogP contribution in [0.3, 0.4) is 0 Å². The third-order valence-corrected chi connectivity index (χ3v) is 12.1. The Morgan fingerprint density at radius 1 is 0.614 bits per heavy atom. The lowest BCUT2D eigenvalue weighted by Crippen LogP contribution is -2.51. The lowest BCUT2D eigenvalue weighted by atomic mass is 10.0. The number of anilines is 7. The number of rotatable bonds is 13. The number of urea groups is 2.